The van der Waals surface area contributed by atoms with Gasteiger partial charge in [0.05, 0.1) is 6.61 Å². The third kappa shape index (κ3) is 10.9. The first kappa shape index (κ1) is 24.9. The monoisotopic (exact) mass is 495 g/mol. The van der Waals surface area contributed by atoms with Crippen molar-refractivity contribution in [2.24, 2.45) is 4.99 Å². The van der Waals surface area contributed by atoms with Gasteiger partial charge in [0.2, 0.25) is 0 Å². The smallest absolute Gasteiger partial charge is 0.191 e. The van der Waals surface area contributed by atoms with E-state index in [1.54, 1.807) is 7.11 Å². The summed E-state index contributed by atoms with van der Waals surface area (Å²) in [6.45, 7) is 9.12. The van der Waals surface area contributed by atoms with E-state index in [4.69, 9.17) is 4.74 Å². The maximum atomic E-state index is 5.17. The molecule has 2 fully saturated rings. The number of nitrogens with one attached hydrogen (secondary N) is 2. The zero-order valence-corrected chi connectivity index (χ0v) is 19.9. The summed E-state index contributed by atoms with van der Waals surface area (Å²) < 4.78 is 5.17. The van der Waals surface area contributed by atoms with Crippen LogP contribution in [-0.2, 0) is 4.74 Å². The predicted octanol–water partition coefficient (Wildman–Crippen LogP) is 2.54. The lowest BCUT2D eigenvalue weighted by Gasteiger charge is -2.32. The number of hydrogen-bond donors (Lipinski definition) is 2. The number of guanidine groups is 1. The van der Waals surface area contributed by atoms with Gasteiger partial charge in [-0.3, -0.25) is 4.99 Å². The average Bonchev–Trinajstić information content (AvgIpc) is 2.69. The van der Waals surface area contributed by atoms with Crippen LogP contribution in [0.4, 0.5) is 0 Å². The van der Waals surface area contributed by atoms with Crippen molar-refractivity contribution in [2.45, 2.75) is 57.4 Å². The molecule has 27 heavy (non-hydrogen) atoms. The molecule has 0 bridgehead atoms. The van der Waals surface area contributed by atoms with Gasteiger partial charge >= 0.3 is 0 Å². The van der Waals surface area contributed by atoms with Crippen LogP contribution >= 0.6 is 24.0 Å². The lowest BCUT2D eigenvalue weighted by molar-refractivity contribution is 0.128. The summed E-state index contributed by atoms with van der Waals surface area (Å²) in [4.78, 5) is 9.52. The number of unbranched alkanes of at least 4 members (excludes halogenated alkanes) is 2. The Morgan fingerprint density at radius 3 is 2.33 bits per heavy atom. The van der Waals surface area contributed by atoms with E-state index in [1.807, 2.05) is 7.05 Å². The van der Waals surface area contributed by atoms with E-state index in [1.165, 1.54) is 71.0 Å². The Hall–Kier alpha value is -0.120. The summed E-state index contributed by atoms with van der Waals surface area (Å²) in [6.07, 6.45) is 10.4. The summed E-state index contributed by atoms with van der Waals surface area (Å²) in [7, 11) is 3.65. The van der Waals surface area contributed by atoms with Crippen LogP contribution in [0.25, 0.3) is 0 Å². The van der Waals surface area contributed by atoms with E-state index in [-0.39, 0.29) is 24.0 Å². The van der Waals surface area contributed by atoms with Gasteiger partial charge in [0, 0.05) is 46.4 Å². The molecule has 2 saturated heterocycles. The van der Waals surface area contributed by atoms with Crippen molar-refractivity contribution >= 4 is 29.9 Å². The Balaban J connectivity index is 0.00000364. The van der Waals surface area contributed by atoms with Gasteiger partial charge in [-0.2, -0.15) is 0 Å². The molecule has 7 heteroatoms. The van der Waals surface area contributed by atoms with E-state index < -0.39 is 0 Å². The van der Waals surface area contributed by atoms with Crippen molar-refractivity contribution in [2.75, 3.05) is 66.6 Å². The Bertz CT molecular complexity index is 383. The molecule has 160 valence electrons. The Kier molecular flexibility index (Phi) is 14.5. The number of nitrogens with zero attached hydrogens (tertiary/aromatic N) is 3. The average molecular weight is 495 g/mol. The largest absolute Gasteiger partial charge is 0.383 e. The fourth-order valence-electron chi connectivity index (χ4n) is 3.94. The molecule has 2 heterocycles. The van der Waals surface area contributed by atoms with Gasteiger partial charge < -0.3 is 25.2 Å². The van der Waals surface area contributed by atoms with Gasteiger partial charge in [-0.1, -0.05) is 12.8 Å². The summed E-state index contributed by atoms with van der Waals surface area (Å²) in [5, 5.41) is 7.09. The van der Waals surface area contributed by atoms with Crippen molar-refractivity contribution in [3.8, 4) is 0 Å². The zero-order valence-electron chi connectivity index (χ0n) is 17.5. The lowest BCUT2D eigenvalue weighted by atomic mass is 10.1. The van der Waals surface area contributed by atoms with Gasteiger partial charge in [-0.05, 0) is 58.2 Å². The molecule has 0 aromatic heterocycles. The SMILES string of the molecule is CN=C(NCCCCCN1CCCCC1)NC1CCN(CCOC)CC1.I. The van der Waals surface area contributed by atoms with Crippen LogP contribution in [0.15, 0.2) is 4.99 Å². The number of aliphatic imine (C=N–C) groups is 1. The molecular formula is C20H42IN5O. The Morgan fingerprint density at radius 1 is 0.963 bits per heavy atom. The molecule has 0 radical (unpaired) electrons. The standard InChI is InChI=1S/C20H41N5O.HI/c1-21-20(23-19-9-15-25(16-10-19)17-18-26-2)22-11-5-3-6-12-24-13-7-4-8-14-24;/h19H,3-18H2,1-2H3,(H2,21,22,23);1H. The fourth-order valence-corrected chi connectivity index (χ4v) is 3.94. The van der Waals surface area contributed by atoms with Gasteiger partial charge in [0.15, 0.2) is 5.96 Å². The molecule has 0 aromatic carbocycles. The molecule has 2 N–H and O–H groups in total. The number of piperidine rings is 2. The molecule has 0 unspecified atom stereocenters. The highest BCUT2D eigenvalue weighted by molar-refractivity contribution is 14.0. The van der Waals surface area contributed by atoms with E-state index in [2.05, 4.69) is 25.4 Å². The minimum atomic E-state index is 0. The Morgan fingerprint density at radius 2 is 1.67 bits per heavy atom. The van der Waals surface area contributed by atoms with Crippen LogP contribution in [0.2, 0.25) is 0 Å². The van der Waals surface area contributed by atoms with Gasteiger partial charge in [0.25, 0.3) is 0 Å². The van der Waals surface area contributed by atoms with Crippen LogP contribution in [-0.4, -0.2) is 88.4 Å². The second-order valence-corrected chi connectivity index (χ2v) is 7.72. The second-order valence-electron chi connectivity index (χ2n) is 7.72. The third-order valence-electron chi connectivity index (χ3n) is 5.66. The van der Waals surface area contributed by atoms with Gasteiger partial charge in [-0.15, -0.1) is 24.0 Å². The first-order valence-electron chi connectivity index (χ1n) is 10.7. The topological polar surface area (TPSA) is 52.1 Å². The third-order valence-corrected chi connectivity index (χ3v) is 5.66. The van der Waals surface area contributed by atoms with E-state index in [0.717, 1.165) is 38.7 Å². The number of likely N-dealkylation sites (tertiary alicyclic amines) is 2. The number of ether oxygens (including phenoxy) is 1. The van der Waals surface area contributed by atoms with Crippen LogP contribution in [0.1, 0.15) is 51.4 Å². The van der Waals surface area contributed by atoms with Crippen molar-refractivity contribution in [3.63, 3.8) is 0 Å². The summed E-state index contributed by atoms with van der Waals surface area (Å²) in [6, 6.07) is 0.541. The maximum Gasteiger partial charge on any atom is 0.191 e. The quantitative estimate of drug-likeness (QED) is 0.211. The molecular weight excluding hydrogens is 453 g/mol. The number of halogens is 1. The van der Waals surface area contributed by atoms with Crippen LogP contribution in [0, 0.1) is 0 Å². The second kappa shape index (κ2) is 15.8. The molecule has 2 aliphatic heterocycles. The highest BCUT2D eigenvalue weighted by Gasteiger charge is 2.19. The first-order valence-corrected chi connectivity index (χ1v) is 10.7. The molecule has 0 spiro atoms. The molecule has 2 rings (SSSR count). The number of rotatable bonds is 10. The molecule has 2 aliphatic rings. The summed E-state index contributed by atoms with van der Waals surface area (Å²) in [5.74, 6) is 0.969. The molecule has 0 atom stereocenters. The van der Waals surface area contributed by atoms with Crippen LogP contribution in [0.3, 0.4) is 0 Å². The summed E-state index contributed by atoms with van der Waals surface area (Å²) >= 11 is 0. The minimum absolute atomic E-state index is 0. The van der Waals surface area contributed by atoms with Gasteiger partial charge in [-0.25, -0.2) is 0 Å². The highest BCUT2D eigenvalue weighted by Crippen LogP contribution is 2.11. The maximum absolute atomic E-state index is 5.17. The molecule has 0 saturated carbocycles. The van der Waals surface area contributed by atoms with E-state index >= 15 is 0 Å². The van der Waals surface area contributed by atoms with Crippen LogP contribution in [0.5, 0.6) is 0 Å². The summed E-state index contributed by atoms with van der Waals surface area (Å²) in [5.41, 5.74) is 0. The van der Waals surface area contributed by atoms with E-state index in [9.17, 15) is 0 Å². The van der Waals surface area contributed by atoms with Crippen molar-refractivity contribution in [1.29, 1.82) is 0 Å². The predicted molar refractivity (Wildman–Crippen MR) is 125 cm³/mol. The normalized spacial score (nSPS) is 20.3. The first-order chi connectivity index (χ1) is 12.8. The lowest BCUT2D eigenvalue weighted by Crippen LogP contribution is -2.49. The Labute approximate surface area is 183 Å². The number of methoxy groups -OCH3 is 1. The molecule has 6 nitrogen and oxygen atoms in total. The van der Waals surface area contributed by atoms with E-state index in [0.29, 0.717) is 6.04 Å². The zero-order chi connectivity index (χ0) is 18.5. The van der Waals surface area contributed by atoms with Gasteiger partial charge in [0.1, 0.15) is 0 Å². The molecule has 0 aliphatic carbocycles. The number of hydrogen-bond acceptors (Lipinski definition) is 4. The minimum Gasteiger partial charge on any atom is -0.383 e. The highest BCUT2D eigenvalue weighted by atomic mass is 127. The van der Waals surface area contributed by atoms with Crippen molar-refractivity contribution in [1.82, 2.24) is 20.4 Å². The fraction of sp³-hybridized carbons (Fsp3) is 0.950. The van der Waals surface area contributed by atoms with Crippen LogP contribution < -0.4 is 10.6 Å². The molecule has 0 amide bonds. The molecule has 0 aromatic rings. The van der Waals surface area contributed by atoms with Crippen molar-refractivity contribution < 1.29 is 4.74 Å². The van der Waals surface area contributed by atoms with Crippen molar-refractivity contribution in [3.05, 3.63) is 0 Å².